The fourth-order valence-electron chi connectivity index (χ4n) is 2.63. The Balaban J connectivity index is 1.78. The third kappa shape index (κ3) is 3.39. The largest absolute Gasteiger partial charge is 0.383 e. The number of rotatable bonds is 4. The molecule has 4 aromatic rings. The highest BCUT2D eigenvalue weighted by molar-refractivity contribution is 9.10. The topological polar surface area (TPSA) is 111 Å². The minimum atomic E-state index is 0.308. The summed E-state index contributed by atoms with van der Waals surface area (Å²) in [7, 11) is 1.58. The number of hydrogen-bond acceptors (Lipinski definition) is 7. The SMILES string of the molecule is CN(C=O)c1ncc(-c2ccc3c(N)nc(-c4cccc(Br)c4)nc3n2)cn1. The van der Waals surface area contributed by atoms with Crippen molar-refractivity contribution in [1.82, 2.24) is 24.9 Å². The van der Waals surface area contributed by atoms with Crippen molar-refractivity contribution in [1.29, 1.82) is 0 Å². The van der Waals surface area contributed by atoms with Gasteiger partial charge in [0.25, 0.3) is 0 Å². The molecule has 0 spiro atoms. The van der Waals surface area contributed by atoms with Gasteiger partial charge in [0.1, 0.15) is 5.82 Å². The highest BCUT2D eigenvalue weighted by atomic mass is 79.9. The van der Waals surface area contributed by atoms with Gasteiger partial charge in [-0.1, -0.05) is 28.1 Å². The van der Waals surface area contributed by atoms with Gasteiger partial charge in [-0.15, -0.1) is 0 Å². The number of pyridine rings is 1. The van der Waals surface area contributed by atoms with Crippen LogP contribution >= 0.6 is 15.9 Å². The predicted molar refractivity (Wildman–Crippen MR) is 110 cm³/mol. The molecule has 2 N–H and O–H groups in total. The molecule has 1 aromatic carbocycles. The van der Waals surface area contributed by atoms with Crippen LogP contribution in [-0.4, -0.2) is 38.4 Å². The molecule has 0 fully saturated rings. The van der Waals surface area contributed by atoms with Crippen LogP contribution in [0.25, 0.3) is 33.7 Å². The second-order valence-electron chi connectivity index (χ2n) is 6.00. The lowest BCUT2D eigenvalue weighted by Gasteiger charge is -2.09. The van der Waals surface area contributed by atoms with Gasteiger partial charge < -0.3 is 5.73 Å². The maximum atomic E-state index is 10.8. The molecule has 0 atom stereocenters. The molecule has 28 heavy (non-hydrogen) atoms. The number of halogens is 1. The van der Waals surface area contributed by atoms with E-state index in [4.69, 9.17) is 5.73 Å². The van der Waals surface area contributed by atoms with Crippen molar-refractivity contribution in [3.05, 3.63) is 53.3 Å². The Kier molecular flexibility index (Phi) is 4.66. The monoisotopic (exact) mass is 435 g/mol. The fourth-order valence-corrected chi connectivity index (χ4v) is 3.03. The van der Waals surface area contributed by atoms with E-state index in [9.17, 15) is 4.79 Å². The van der Waals surface area contributed by atoms with Gasteiger partial charge in [0.15, 0.2) is 11.5 Å². The molecule has 0 saturated carbocycles. The van der Waals surface area contributed by atoms with Gasteiger partial charge in [0, 0.05) is 35.0 Å². The van der Waals surface area contributed by atoms with E-state index in [1.165, 1.54) is 4.90 Å². The van der Waals surface area contributed by atoms with Gasteiger partial charge in [-0.2, -0.15) is 0 Å². The number of hydrogen-bond donors (Lipinski definition) is 1. The zero-order chi connectivity index (χ0) is 19.7. The normalized spacial score (nSPS) is 10.8. The second-order valence-corrected chi connectivity index (χ2v) is 6.91. The van der Waals surface area contributed by atoms with E-state index in [-0.39, 0.29) is 0 Å². The number of nitrogens with zero attached hydrogens (tertiary/aromatic N) is 6. The third-order valence-corrected chi connectivity index (χ3v) is 4.57. The second kappa shape index (κ2) is 7.28. The highest BCUT2D eigenvalue weighted by Crippen LogP contribution is 2.26. The molecule has 8 nitrogen and oxygen atoms in total. The van der Waals surface area contributed by atoms with Crippen LogP contribution in [0.2, 0.25) is 0 Å². The van der Waals surface area contributed by atoms with E-state index in [1.54, 1.807) is 19.4 Å². The Labute approximate surface area is 168 Å². The van der Waals surface area contributed by atoms with Crippen LogP contribution in [0.1, 0.15) is 0 Å². The number of nitrogens with two attached hydrogens (primary N) is 1. The fraction of sp³-hybridized carbons (Fsp3) is 0.0526. The molecule has 0 radical (unpaired) electrons. The Bertz CT molecular complexity index is 1180. The molecule has 4 rings (SSSR count). The van der Waals surface area contributed by atoms with Crippen molar-refractivity contribution in [2.24, 2.45) is 0 Å². The van der Waals surface area contributed by atoms with Crippen LogP contribution in [0, 0.1) is 0 Å². The first-order valence-electron chi connectivity index (χ1n) is 8.26. The van der Waals surface area contributed by atoms with Crippen molar-refractivity contribution >= 4 is 45.1 Å². The summed E-state index contributed by atoms with van der Waals surface area (Å²) < 4.78 is 0.923. The Morgan fingerprint density at radius 1 is 1.04 bits per heavy atom. The number of carbonyl (C=O) groups excluding carboxylic acids is 1. The van der Waals surface area contributed by atoms with Crippen molar-refractivity contribution < 1.29 is 4.79 Å². The lowest BCUT2D eigenvalue weighted by atomic mass is 10.2. The van der Waals surface area contributed by atoms with E-state index < -0.39 is 0 Å². The maximum absolute atomic E-state index is 10.8. The van der Waals surface area contributed by atoms with Crippen molar-refractivity contribution in [3.63, 3.8) is 0 Å². The Morgan fingerprint density at radius 2 is 1.82 bits per heavy atom. The molecule has 3 heterocycles. The van der Waals surface area contributed by atoms with Crippen molar-refractivity contribution in [2.75, 3.05) is 17.7 Å². The summed E-state index contributed by atoms with van der Waals surface area (Å²) in [6, 6.07) is 11.3. The molecule has 0 unspecified atom stereocenters. The molecule has 0 aliphatic heterocycles. The zero-order valence-corrected chi connectivity index (χ0v) is 16.3. The van der Waals surface area contributed by atoms with Crippen LogP contribution < -0.4 is 10.6 Å². The lowest BCUT2D eigenvalue weighted by molar-refractivity contribution is -0.107. The maximum Gasteiger partial charge on any atom is 0.231 e. The molecular formula is C19H14BrN7O. The smallest absolute Gasteiger partial charge is 0.231 e. The van der Waals surface area contributed by atoms with Gasteiger partial charge in [-0.25, -0.2) is 24.9 Å². The molecular weight excluding hydrogens is 422 g/mol. The first kappa shape index (κ1) is 17.9. The van der Waals surface area contributed by atoms with Gasteiger partial charge in [-0.05, 0) is 24.3 Å². The average Bonchev–Trinajstić information content (AvgIpc) is 2.73. The zero-order valence-electron chi connectivity index (χ0n) is 14.7. The van der Waals surface area contributed by atoms with E-state index in [0.717, 1.165) is 10.0 Å². The average molecular weight is 436 g/mol. The quantitative estimate of drug-likeness (QED) is 0.490. The highest BCUT2D eigenvalue weighted by Gasteiger charge is 2.11. The summed E-state index contributed by atoms with van der Waals surface area (Å²) in [6.45, 7) is 0. The van der Waals surface area contributed by atoms with E-state index in [0.29, 0.717) is 46.3 Å². The number of carbonyl (C=O) groups is 1. The first-order chi connectivity index (χ1) is 13.5. The Hall–Kier alpha value is -3.46. The number of fused-ring (bicyclic) bond motifs is 1. The number of nitrogen functional groups attached to an aromatic ring is 1. The minimum absolute atomic E-state index is 0.308. The summed E-state index contributed by atoms with van der Waals surface area (Å²) in [5, 5.41) is 0.667. The number of benzene rings is 1. The molecule has 0 aliphatic carbocycles. The summed E-state index contributed by atoms with van der Waals surface area (Å²) in [6.07, 6.45) is 3.86. The molecule has 0 saturated heterocycles. The minimum Gasteiger partial charge on any atom is -0.383 e. The summed E-state index contributed by atoms with van der Waals surface area (Å²) in [4.78, 5) is 34.0. The van der Waals surface area contributed by atoms with Gasteiger partial charge in [0.05, 0.1) is 11.1 Å². The summed E-state index contributed by atoms with van der Waals surface area (Å²) >= 11 is 3.45. The van der Waals surface area contributed by atoms with Crippen LogP contribution in [0.4, 0.5) is 11.8 Å². The van der Waals surface area contributed by atoms with Crippen molar-refractivity contribution in [2.45, 2.75) is 0 Å². The van der Waals surface area contributed by atoms with Crippen LogP contribution in [0.15, 0.2) is 53.3 Å². The van der Waals surface area contributed by atoms with Crippen LogP contribution in [0.5, 0.6) is 0 Å². The van der Waals surface area contributed by atoms with E-state index >= 15 is 0 Å². The molecule has 138 valence electrons. The lowest BCUT2D eigenvalue weighted by Crippen LogP contribution is -2.16. The van der Waals surface area contributed by atoms with Crippen molar-refractivity contribution in [3.8, 4) is 22.6 Å². The standard InChI is InChI=1S/C19H14BrN7O/c1-27(10-28)19-22-8-12(9-23-19)15-6-5-14-16(21)25-17(26-18(14)24-15)11-3-2-4-13(20)7-11/h2-10H,1H3,(H2,21,24,25,26). The number of amides is 1. The molecule has 0 bridgehead atoms. The summed E-state index contributed by atoms with van der Waals surface area (Å²) in [5.74, 6) is 1.16. The van der Waals surface area contributed by atoms with Gasteiger partial charge in [0.2, 0.25) is 12.4 Å². The van der Waals surface area contributed by atoms with Gasteiger partial charge in [-0.3, -0.25) is 9.69 Å². The number of anilines is 2. The predicted octanol–water partition coefficient (Wildman–Crippen LogP) is 3.09. The molecule has 9 heteroatoms. The number of aromatic nitrogens is 5. The van der Waals surface area contributed by atoms with Crippen LogP contribution in [0.3, 0.4) is 0 Å². The molecule has 3 aromatic heterocycles. The van der Waals surface area contributed by atoms with Gasteiger partial charge >= 0.3 is 0 Å². The summed E-state index contributed by atoms with van der Waals surface area (Å²) in [5.41, 5.74) is 8.78. The Morgan fingerprint density at radius 3 is 2.54 bits per heavy atom. The molecule has 0 aliphatic rings. The van der Waals surface area contributed by atoms with E-state index in [1.807, 2.05) is 36.4 Å². The molecule has 1 amide bonds. The third-order valence-electron chi connectivity index (χ3n) is 4.08. The van der Waals surface area contributed by atoms with E-state index in [2.05, 4.69) is 40.8 Å². The van der Waals surface area contributed by atoms with Crippen LogP contribution in [-0.2, 0) is 4.79 Å². The first-order valence-corrected chi connectivity index (χ1v) is 9.05.